The molecule has 0 saturated carbocycles. The monoisotopic (exact) mass is 424 g/mol. The van der Waals surface area contributed by atoms with Crippen LogP contribution in [0.1, 0.15) is 59.6 Å². The number of nitrogens with zero attached hydrogens (tertiary/aromatic N) is 1. The number of hydrogen-bond donors (Lipinski definition) is 3. The molecular formula is C20H32N4O4S. The third-order valence-electron chi connectivity index (χ3n) is 3.52. The lowest BCUT2D eigenvalue weighted by Crippen LogP contribution is -2.43. The quantitative estimate of drug-likeness (QED) is 0.432. The van der Waals surface area contributed by atoms with Crippen LogP contribution in [0.2, 0.25) is 0 Å². The van der Waals surface area contributed by atoms with Gasteiger partial charge in [0.2, 0.25) is 0 Å². The van der Waals surface area contributed by atoms with Crippen LogP contribution >= 0.6 is 0 Å². The van der Waals surface area contributed by atoms with Gasteiger partial charge in [-0.3, -0.25) is 5.73 Å². The van der Waals surface area contributed by atoms with Crippen LogP contribution < -0.4 is 20.5 Å². The van der Waals surface area contributed by atoms with E-state index in [1.807, 2.05) is 20.8 Å². The summed E-state index contributed by atoms with van der Waals surface area (Å²) in [5.41, 5.74) is 6.05. The number of carbonyl (C=O) groups excluding carboxylic acids is 1. The Labute approximate surface area is 176 Å². The number of benzene rings is 1. The Morgan fingerprint density at radius 1 is 1.28 bits per heavy atom. The molecular weight excluding hydrogens is 392 g/mol. The summed E-state index contributed by atoms with van der Waals surface area (Å²) in [6.07, 6.45) is -1.32. The summed E-state index contributed by atoms with van der Waals surface area (Å²) in [5.74, 6) is 0.449. The van der Waals surface area contributed by atoms with Gasteiger partial charge in [0, 0.05) is 16.9 Å². The van der Waals surface area contributed by atoms with Crippen LogP contribution in [-0.2, 0) is 16.1 Å². The standard InChI is InChI=1S/C20H32N4O4S/c1-19(2,3)28-18(25)23-13-17(22)27-16-10-8-7-9-14(16)15(11-12-21)24-29(26)20(4,5)6/h7-10,15,17,24H,11,13,22H2,1-6H3,(H,23,25)/t15-,17-,29-/m1/s1. The van der Waals surface area contributed by atoms with Gasteiger partial charge in [0.1, 0.15) is 16.1 Å². The average Bonchev–Trinajstić information content (AvgIpc) is 2.58. The third-order valence-corrected chi connectivity index (χ3v) is 5.13. The molecule has 9 heteroatoms. The molecule has 0 unspecified atom stereocenters. The number of nitrogens with two attached hydrogens (primary N) is 1. The van der Waals surface area contributed by atoms with Gasteiger partial charge in [-0.25, -0.2) is 4.79 Å². The lowest BCUT2D eigenvalue weighted by Gasteiger charge is -2.28. The Hall–Kier alpha value is -1.99. The summed E-state index contributed by atoms with van der Waals surface area (Å²) < 4.78 is 26.0. The maximum absolute atomic E-state index is 12.5. The highest BCUT2D eigenvalue weighted by Gasteiger charge is 2.31. The highest BCUT2D eigenvalue weighted by atomic mass is 32.2. The second-order valence-corrected chi connectivity index (χ2v) is 10.5. The summed E-state index contributed by atoms with van der Waals surface area (Å²) >= 11 is -1.37. The Morgan fingerprint density at radius 3 is 2.45 bits per heavy atom. The van der Waals surface area contributed by atoms with Crippen molar-refractivity contribution in [1.29, 1.82) is 5.26 Å². The number of rotatable bonds is 8. The van der Waals surface area contributed by atoms with E-state index in [4.69, 9.17) is 15.2 Å². The van der Waals surface area contributed by atoms with Gasteiger partial charge in [0.05, 0.1) is 25.1 Å². The average molecular weight is 425 g/mol. The Kier molecular flexibility index (Phi) is 9.23. The van der Waals surface area contributed by atoms with Gasteiger partial charge in [-0.15, -0.1) is 4.72 Å². The molecule has 0 heterocycles. The molecule has 1 amide bonds. The largest absolute Gasteiger partial charge is 0.598 e. The van der Waals surface area contributed by atoms with Crippen LogP contribution in [0.25, 0.3) is 0 Å². The molecule has 0 aliphatic rings. The third kappa shape index (κ3) is 9.37. The summed E-state index contributed by atoms with van der Waals surface area (Å²) in [6.45, 7) is 10.9. The molecule has 8 nitrogen and oxygen atoms in total. The molecule has 1 aromatic rings. The fraction of sp³-hybridized carbons (Fsp3) is 0.600. The molecule has 1 rings (SSSR count). The molecule has 0 fully saturated rings. The van der Waals surface area contributed by atoms with Crippen molar-refractivity contribution in [2.75, 3.05) is 6.54 Å². The van der Waals surface area contributed by atoms with Gasteiger partial charge in [0.25, 0.3) is 0 Å². The highest BCUT2D eigenvalue weighted by Crippen LogP contribution is 2.29. The first kappa shape index (κ1) is 25.0. The van der Waals surface area contributed by atoms with Crippen LogP contribution in [-0.4, -0.2) is 33.8 Å². The first-order chi connectivity index (χ1) is 13.3. The number of ether oxygens (including phenoxy) is 2. The number of hydrogen-bond acceptors (Lipinski definition) is 7. The maximum Gasteiger partial charge on any atom is 0.407 e. The molecule has 3 atom stereocenters. The number of alkyl carbamates (subject to hydrolysis) is 1. The van der Waals surface area contributed by atoms with E-state index in [0.29, 0.717) is 11.3 Å². The molecule has 0 aromatic heterocycles. The predicted octanol–water partition coefficient (Wildman–Crippen LogP) is 2.88. The van der Waals surface area contributed by atoms with Crippen LogP contribution in [0, 0.1) is 11.3 Å². The molecule has 162 valence electrons. The van der Waals surface area contributed by atoms with Crippen molar-refractivity contribution in [3.63, 3.8) is 0 Å². The minimum Gasteiger partial charge on any atom is -0.598 e. The van der Waals surface area contributed by atoms with Crippen molar-refractivity contribution in [3.8, 4) is 11.8 Å². The molecule has 0 bridgehead atoms. The van der Waals surface area contributed by atoms with Crippen LogP contribution in [0.4, 0.5) is 4.79 Å². The summed E-state index contributed by atoms with van der Waals surface area (Å²) in [7, 11) is 0. The Balaban J connectivity index is 2.85. The van der Waals surface area contributed by atoms with E-state index in [1.54, 1.807) is 45.0 Å². The normalized spacial score (nSPS) is 15.0. The number of nitriles is 1. The zero-order valence-electron chi connectivity index (χ0n) is 17.9. The van der Waals surface area contributed by atoms with Crippen LogP contribution in [0.5, 0.6) is 5.75 Å². The fourth-order valence-electron chi connectivity index (χ4n) is 2.19. The Morgan fingerprint density at radius 2 is 1.90 bits per heavy atom. The van der Waals surface area contributed by atoms with Gasteiger partial charge < -0.3 is 19.3 Å². The van der Waals surface area contributed by atoms with E-state index in [1.165, 1.54) is 0 Å². The topological polar surface area (TPSA) is 132 Å². The Bertz CT molecular complexity index is 710. The van der Waals surface area contributed by atoms with Crippen LogP contribution in [0.3, 0.4) is 0 Å². The smallest absolute Gasteiger partial charge is 0.407 e. The molecule has 0 aliphatic heterocycles. The maximum atomic E-state index is 12.5. The molecule has 0 radical (unpaired) electrons. The van der Waals surface area contributed by atoms with E-state index < -0.39 is 40.1 Å². The number of carbonyl (C=O) groups is 1. The second kappa shape index (κ2) is 10.7. The molecule has 29 heavy (non-hydrogen) atoms. The highest BCUT2D eigenvalue weighted by molar-refractivity contribution is 7.90. The zero-order chi connectivity index (χ0) is 22.2. The van der Waals surface area contributed by atoms with E-state index in [-0.39, 0.29) is 13.0 Å². The first-order valence-electron chi connectivity index (χ1n) is 9.36. The van der Waals surface area contributed by atoms with Gasteiger partial charge in [-0.1, -0.05) is 18.2 Å². The van der Waals surface area contributed by atoms with Crippen molar-refractivity contribution in [2.24, 2.45) is 5.73 Å². The summed E-state index contributed by atoms with van der Waals surface area (Å²) in [4.78, 5) is 11.8. The molecule has 0 spiro atoms. The number of nitrogens with one attached hydrogen (secondary N) is 2. The van der Waals surface area contributed by atoms with Crippen molar-refractivity contribution < 1.29 is 18.8 Å². The zero-order valence-corrected chi connectivity index (χ0v) is 18.8. The van der Waals surface area contributed by atoms with Gasteiger partial charge >= 0.3 is 6.09 Å². The van der Waals surface area contributed by atoms with Crippen molar-refractivity contribution >= 4 is 17.5 Å². The predicted molar refractivity (Wildman–Crippen MR) is 113 cm³/mol. The van der Waals surface area contributed by atoms with Gasteiger partial charge in [-0.2, -0.15) is 5.26 Å². The lowest BCUT2D eigenvalue weighted by molar-refractivity contribution is 0.0502. The van der Waals surface area contributed by atoms with Crippen LogP contribution in [0.15, 0.2) is 24.3 Å². The van der Waals surface area contributed by atoms with E-state index in [2.05, 4.69) is 16.1 Å². The molecule has 4 N–H and O–H groups in total. The number of amides is 1. The summed E-state index contributed by atoms with van der Waals surface area (Å²) in [6, 6.07) is 8.70. The minimum absolute atomic E-state index is 0.0352. The fourth-order valence-corrected chi connectivity index (χ4v) is 3.01. The lowest BCUT2D eigenvalue weighted by atomic mass is 10.0. The SMILES string of the molecule is CC(C)(C)OC(=O)NC[C@H](N)Oc1ccccc1[C@@H](CC#N)N[S@+]([O-])C(C)(C)C. The molecule has 0 saturated heterocycles. The van der Waals surface area contributed by atoms with E-state index in [0.717, 1.165) is 0 Å². The minimum atomic E-state index is -1.37. The van der Waals surface area contributed by atoms with Gasteiger partial charge in [-0.05, 0) is 47.6 Å². The van der Waals surface area contributed by atoms with E-state index in [9.17, 15) is 14.6 Å². The number of para-hydroxylation sites is 1. The molecule has 1 aromatic carbocycles. The second-order valence-electron chi connectivity index (χ2n) is 8.49. The van der Waals surface area contributed by atoms with Crippen molar-refractivity contribution in [2.45, 2.75) is 70.6 Å². The first-order valence-corrected chi connectivity index (χ1v) is 10.5. The summed E-state index contributed by atoms with van der Waals surface area (Å²) in [5, 5.41) is 11.8. The van der Waals surface area contributed by atoms with Gasteiger partial charge in [0.15, 0.2) is 6.23 Å². The van der Waals surface area contributed by atoms with Crippen molar-refractivity contribution in [1.82, 2.24) is 10.0 Å². The molecule has 0 aliphatic carbocycles. The van der Waals surface area contributed by atoms with E-state index >= 15 is 0 Å². The van der Waals surface area contributed by atoms with Crippen molar-refractivity contribution in [3.05, 3.63) is 29.8 Å².